The van der Waals surface area contributed by atoms with Crippen LogP contribution in [-0.2, 0) is 22.1 Å². The highest BCUT2D eigenvalue weighted by molar-refractivity contribution is 7.85. The van der Waals surface area contributed by atoms with Gasteiger partial charge in [-0.15, -0.1) is 0 Å². The summed E-state index contributed by atoms with van der Waals surface area (Å²) in [4.78, 5) is 0. The van der Waals surface area contributed by atoms with Crippen LogP contribution in [-0.4, -0.2) is 33.2 Å². The second-order valence-electron chi connectivity index (χ2n) is 6.88. The quantitative estimate of drug-likeness (QED) is 0.472. The average molecular weight is 375 g/mol. The topological polar surface area (TPSA) is 62.1 Å². The molecule has 0 spiro atoms. The molecule has 6 heteroatoms. The first-order valence-electron chi connectivity index (χ1n) is 8.44. The lowest BCUT2D eigenvalue weighted by Gasteiger charge is -2.28. The molecule has 2 aromatic carbocycles. The van der Waals surface area contributed by atoms with E-state index in [0.717, 1.165) is 10.6 Å². The van der Waals surface area contributed by atoms with Crippen molar-refractivity contribution >= 4 is 22.6 Å². The lowest BCUT2D eigenvalue weighted by molar-refractivity contribution is 0.223. The van der Waals surface area contributed by atoms with Crippen molar-refractivity contribution in [1.29, 1.82) is 0 Å². The molecule has 0 aliphatic rings. The van der Waals surface area contributed by atoms with Crippen LogP contribution in [0, 0.1) is 0 Å². The van der Waals surface area contributed by atoms with E-state index < -0.39 is 21.8 Å². The number of methoxy groups -OCH3 is 1. The summed E-state index contributed by atoms with van der Waals surface area (Å²) < 4.78 is 21.7. The number of hydroxylamine groups is 1. The molecule has 2 rings (SSSR count). The Balaban J connectivity index is 2.41. The molecular weight excluding hydrogens is 348 g/mol. The van der Waals surface area contributed by atoms with Crippen molar-refractivity contribution in [3.63, 3.8) is 0 Å². The molecule has 0 saturated carbocycles. The zero-order valence-electron chi connectivity index (χ0n) is 15.6. The van der Waals surface area contributed by atoms with Crippen molar-refractivity contribution in [2.75, 3.05) is 12.2 Å². The third-order valence-electron chi connectivity index (χ3n) is 3.78. The van der Waals surface area contributed by atoms with Crippen LogP contribution in [0.4, 0.5) is 5.69 Å². The highest BCUT2D eigenvalue weighted by Gasteiger charge is 2.28. The molecule has 0 fully saturated rings. The van der Waals surface area contributed by atoms with Crippen molar-refractivity contribution in [2.45, 2.75) is 38.0 Å². The van der Waals surface area contributed by atoms with Crippen LogP contribution in [0.1, 0.15) is 26.3 Å². The molecule has 5 nitrogen and oxygen atoms in total. The summed E-state index contributed by atoms with van der Waals surface area (Å²) in [6, 6.07) is 18.3. The van der Waals surface area contributed by atoms with E-state index in [1.807, 2.05) is 69.3 Å². The smallest absolute Gasteiger partial charge is 0.223 e. The Morgan fingerprint density at radius 3 is 2.15 bits per heavy atom. The molecule has 2 atom stereocenters. The molecule has 0 amide bonds. The predicted molar refractivity (Wildman–Crippen MR) is 107 cm³/mol. The molecule has 26 heavy (non-hydrogen) atoms. The van der Waals surface area contributed by atoms with Crippen LogP contribution in [0.2, 0.25) is 0 Å². The third-order valence-corrected chi connectivity index (χ3v) is 5.17. The van der Waals surface area contributed by atoms with Crippen molar-refractivity contribution in [3.05, 3.63) is 66.2 Å². The minimum absolute atomic E-state index is 0.230. The van der Waals surface area contributed by atoms with Gasteiger partial charge in [-0.3, -0.25) is 5.21 Å². The van der Waals surface area contributed by atoms with Gasteiger partial charge in [0.1, 0.15) is 17.0 Å². The number of benzene rings is 2. The average Bonchev–Trinajstić information content (AvgIpc) is 2.64. The van der Waals surface area contributed by atoms with Crippen molar-refractivity contribution in [3.8, 4) is 0 Å². The summed E-state index contributed by atoms with van der Waals surface area (Å²) in [5.74, 6) is 0.230. The van der Waals surface area contributed by atoms with E-state index in [9.17, 15) is 9.42 Å². The van der Waals surface area contributed by atoms with Gasteiger partial charge in [0.15, 0.2) is 0 Å². The number of nitrogens with zero attached hydrogens (tertiary/aromatic N) is 2. The molecular formula is C20H26N2O3S. The molecule has 0 heterocycles. The number of ether oxygens (including phenoxy) is 1. The van der Waals surface area contributed by atoms with Gasteiger partial charge >= 0.3 is 0 Å². The van der Waals surface area contributed by atoms with E-state index in [1.165, 1.54) is 7.11 Å². The molecule has 0 aliphatic heterocycles. The van der Waals surface area contributed by atoms with Gasteiger partial charge in [0.05, 0.1) is 17.5 Å². The molecule has 0 aliphatic carbocycles. The van der Waals surface area contributed by atoms with Crippen LogP contribution in [0.15, 0.2) is 65.1 Å². The third kappa shape index (κ3) is 5.41. The SMILES string of the molecule is CO/C(=N\S(=O)C(C)(C)C)[C@H](Cc1ccccc1)N(O)c1ccccc1. The van der Waals surface area contributed by atoms with Crippen LogP contribution < -0.4 is 5.06 Å². The first-order valence-corrected chi connectivity index (χ1v) is 9.55. The number of anilines is 1. The number of para-hydroxylation sites is 1. The van der Waals surface area contributed by atoms with E-state index in [0.29, 0.717) is 12.1 Å². The molecule has 140 valence electrons. The fraction of sp³-hybridized carbons (Fsp3) is 0.350. The van der Waals surface area contributed by atoms with Crippen molar-refractivity contribution in [2.24, 2.45) is 4.40 Å². The van der Waals surface area contributed by atoms with Gasteiger partial charge in [-0.05, 0) is 38.5 Å². The summed E-state index contributed by atoms with van der Waals surface area (Å²) >= 11 is 0. The molecule has 2 aromatic rings. The summed E-state index contributed by atoms with van der Waals surface area (Å²) in [7, 11) is -0.0119. The maximum absolute atomic E-state index is 12.5. The second-order valence-corrected chi connectivity index (χ2v) is 8.79. The fourth-order valence-electron chi connectivity index (χ4n) is 2.33. The first kappa shape index (κ1) is 20.1. The van der Waals surface area contributed by atoms with E-state index in [1.54, 1.807) is 12.1 Å². The van der Waals surface area contributed by atoms with E-state index in [-0.39, 0.29) is 5.90 Å². The predicted octanol–water partition coefficient (Wildman–Crippen LogP) is 4.00. The van der Waals surface area contributed by atoms with E-state index in [4.69, 9.17) is 4.74 Å². The molecule has 1 unspecified atom stereocenters. The molecule has 0 bridgehead atoms. The maximum atomic E-state index is 12.5. The minimum atomic E-state index is -1.49. The second kappa shape index (κ2) is 8.96. The Morgan fingerprint density at radius 1 is 1.12 bits per heavy atom. The summed E-state index contributed by atoms with van der Waals surface area (Å²) in [5, 5.41) is 12.0. The number of hydrogen-bond acceptors (Lipinski definition) is 4. The van der Waals surface area contributed by atoms with Gasteiger partial charge in [0.2, 0.25) is 5.90 Å². The number of rotatable bonds is 6. The van der Waals surface area contributed by atoms with Gasteiger partial charge < -0.3 is 4.74 Å². The Labute approximate surface area is 157 Å². The van der Waals surface area contributed by atoms with Crippen LogP contribution in [0.25, 0.3) is 0 Å². The molecule has 1 N–H and O–H groups in total. The summed E-state index contributed by atoms with van der Waals surface area (Å²) in [5.41, 5.74) is 1.62. The largest absolute Gasteiger partial charge is 0.482 e. The lowest BCUT2D eigenvalue weighted by atomic mass is 10.1. The van der Waals surface area contributed by atoms with Gasteiger partial charge in [-0.1, -0.05) is 48.5 Å². The normalized spacial score (nSPS) is 14.6. The molecule has 0 aromatic heterocycles. The van der Waals surface area contributed by atoms with E-state index in [2.05, 4.69) is 4.40 Å². The Kier molecular flexibility index (Phi) is 6.94. The molecule has 0 saturated heterocycles. The Bertz CT molecular complexity index is 743. The zero-order chi connectivity index (χ0) is 19.2. The Morgan fingerprint density at radius 2 is 1.65 bits per heavy atom. The monoisotopic (exact) mass is 374 g/mol. The summed E-state index contributed by atoms with van der Waals surface area (Å²) in [6.45, 7) is 5.54. The highest BCUT2D eigenvalue weighted by Crippen LogP contribution is 2.20. The fourth-order valence-corrected chi connectivity index (χ4v) is 2.96. The van der Waals surface area contributed by atoms with Crippen LogP contribution in [0.3, 0.4) is 0 Å². The van der Waals surface area contributed by atoms with Crippen LogP contribution >= 0.6 is 0 Å². The van der Waals surface area contributed by atoms with Gasteiger partial charge in [-0.25, -0.2) is 9.27 Å². The first-order chi connectivity index (χ1) is 12.3. The van der Waals surface area contributed by atoms with Gasteiger partial charge in [0.25, 0.3) is 0 Å². The van der Waals surface area contributed by atoms with Crippen molar-refractivity contribution in [1.82, 2.24) is 0 Å². The zero-order valence-corrected chi connectivity index (χ0v) is 16.4. The van der Waals surface area contributed by atoms with Gasteiger partial charge in [0, 0.05) is 6.42 Å². The number of hydrogen-bond donors (Lipinski definition) is 1. The van der Waals surface area contributed by atoms with Gasteiger partial charge in [-0.2, -0.15) is 4.40 Å². The maximum Gasteiger partial charge on any atom is 0.223 e. The van der Waals surface area contributed by atoms with Crippen LogP contribution in [0.5, 0.6) is 0 Å². The summed E-state index contributed by atoms with van der Waals surface area (Å²) in [6.07, 6.45) is 0.459. The molecule has 0 radical (unpaired) electrons. The highest BCUT2D eigenvalue weighted by atomic mass is 32.2. The Hall–Kier alpha value is -2.18. The lowest BCUT2D eigenvalue weighted by Crippen LogP contribution is -2.42. The minimum Gasteiger partial charge on any atom is -0.482 e. The standard InChI is InChI=1S/C20H26N2O3S/c1-20(2,3)26(24)21-19(25-4)18(15-16-11-7-5-8-12-16)22(23)17-13-9-6-10-14-17/h5-14,18,23H,15H2,1-4H3/b21-19-/t18-,26?/m0/s1. The van der Waals surface area contributed by atoms with Crippen molar-refractivity contribution < 1.29 is 14.2 Å². The van der Waals surface area contributed by atoms with E-state index >= 15 is 0 Å².